The molecule has 1 aromatic carbocycles. The quantitative estimate of drug-likeness (QED) is 0.670. The van der Waals surface area contributed by atoms with E-state index in [1.807, 2.05) is 30.3 Å². The van der Waals surface area contributed by atoms with Crippen LogP contribution in [-0.4, -0.2) is 46.2 Å². The maximum Gasteiger partial charge on any atom is 0.343 e. The van der Waals surface area contributed by atoms with E-state index in [0.29, 0.717) is 24.8 Å². The van der Waals surface area contributed by atoms with Crippen LogP contribution in [0.3, 0.4) is 0 Å². The number of carbonyl (C=O) groups excluding carboxylic acids is 2. The van der Waals surface area contributed by atoms with Gasteiger partial charge >= 0.3 is 5.97 Å². The van der Waals surface area contributed by atoms with Gasteiger partial charge < -0.3 is 18.9 Å². The fourth-order valence-corrected chi connectivity index (χ4v) is 6.21. The number of hydrogen-bond acceptors (Lipinski definition) is 5. The van der Waals surface area contributed by atoms with E-state index in [2.05, 4.69) is 0 Å². The van der Waals surface area contributed by atoms with Crippen LogP contribution in [0.15, 0.2) is 41.3 Å². The predicted octanol–water partition coefficient (Wildman–Crippen LogP) is 2.41. The molecular weight excluding hydrogens is 415 g/mol. The van der Waals surface area contributed by atoms with E-state index in [9.17, 15) is 18.8 Å². The van der Waals surface area contributed by atoms with Crippen LogP contribution in [0, 0.1) is 17.8 Å². The van der Waals surface area contributed by atoms with Crippen molar-refractivity contribution in [3.63, 3.8) is 0 Å². The molecule has 1 saturated heterocycles. The molecule has 2 aliphatic heterocycles. The summed E-state index contributed by atoms with van der Waals surface area (Å²) in [6, 6.07) is 8.72. The lowest BCUT2D eigenvalue weighted by Gasteiger charge is -2.38. The number of halogens is 1. The number of ether oxygens (including phenoxy) is 2. The van der Waals surface area contributed by atoms with E-state index in [0.717, 1.165) is 5.56 Å². The molecule has 8 heteroatoms. The van der Waals surface area contributed by atoms with Crippen molar-refractivity contribution in [3.8, 4) is 5.75 Å². The third-order valence-corrected chi connectivity index (χ3v) is 7.46. The van der Waals surface area contributed by atoms with E-state index in [1.54, 1.807) is 16.4 Å². The number of pyridine rings is 1. The average molecular weight is 438 g/mol. The molecule has 7 nitrogen and oxygen atoms in total. The Morgan fingerprint density at radius 3 is 2.72 bits per heavy atom. The summed E-state index contributed by atoms with van der Waals surface area (Å²) in [6.07, 6.45) is 0.880. The van der Waals surface area contributed by atoms with Gasteiger partial charge in [0.25, 0.3) is 5.91 Å². The number of amides is 1. The first-order valence-electron chi connectivity index (χ1n) is 11.1. The molecule has 32 heavy (non-hydrogen) atoms. The van der Waals surface area contributed by atoms with Gasteiger partial charge in [0.1, 0.15) is 18.3 Å². The third kappa shape index (κ3) is 2.61. The van der Waals surface area contributed by atoms with E-state index >= 15 is 0 Å². The van der Waals surface area contributed by atoms with Crippen LogP contribution in [-0.2, 0) is 17.9 Å². The Balaban J connectivity index is 1.44. The monoisotopic (exact) mass is 438 g/mol. The number of esters is 1. The lowest BCUT2D eigenvalue weighted by molar-refractivity contribution is 0.0450. The fourth-order valence-electron chi connectivity index (χ4n) is 6.21. The SMILES string of the molecule is CCOC(=O)c1cn2c(c(OCc3ccccc3)c1=O)C(=O)N1C3C4C(C[C@@H]3F)[C@@H]4[C@H]1C2. The predicted molar refractivity (Wildman–Crippen MR) is 111 cm³/mol. The van der Waals surface area contributed by atoms with Crippen molar-refractivity contribution in [3.05, 3.63) is 63.6 Å². The molecule has 6 rings (SSSR count). The number of aromatic nitrogens is 1. The number of nitrogens with zero attached hydrogens (tertiary/aromatic N) is 2. The van der Waals surface area contributed by atoms with Gasteiger partial charge in [-0.15, -0.1) is 0 Å². The van der Waals surface area contributed by atoms with Crippen LogP contribution in [0.25, 0.3) is 0 Å². The minimum Gasteiger partial charge on any atom is -0.483 e. The largest absolute Gasteiger partial charge is 0.483 e. The highest BCUT2D eigenvalue weighted by atomic mass is 19.1. The van der Waals surface area contributed by atoms with Gasteiger partial charge in [-0.25, -0.2) is 9.18 Å². The summed E-state index contributed by atoms with van der Waals surface area (Å²) >= 11 is 0. The number of carbonyl (C=O) groups is 2. The van der Waals surface area contributed by atoms with Crippen LogP contribution in [0.4, 0.5) is 4.39 Å². The lowest BCUT2D eigenvalue weighted by Crippen LogP contribution is -2.52. The lowest BCUT2D eigenvalue weighted by atomic mass is 10.0. The summed E-state index contributed by atoms with van der Waals surface area (Å²) in [5.74, 6) is -0.470. The summed E-state index contributed by atoms with van der Waals surface area (Å²) in [6.45, 7) is 2.27. The molecule has 6 atom stereocenters. The minimum absolute atomic E-state index is 0.0640. The molecule has 166 valence electrons. The van der Waals surface area contributed by atoms with Gasteiger partial charge in [0, 0.05) is 12.7 Å². The second kappa shape index (κ2) is 6.92. The number of fused-ring (bicyclic) bond motifs is 5. The molecule has 2 aliphatic carbocycles. The fraction of sp³-hybridized carbons (Fsp3) is 0.458. The van der Waals surface area contributed by atoms with Crippen molar-refractivity contribution >= 4 is 11.9 Å². The van der Waals surface area contributed by atoms with E-state index in [4.69, 9.17) is 9.47 Å². The Morgan fingerprint density at radius 1 is 1.19 bits per heavy atom. The molecule has 1 aromatic heterocycles. The third-order valence-electron chi connectivity index (χ3n) is 7.46. The van der Waals surface area contributed by atoms with Gasteiger partial charge in [0.2, 0.25) is 5.43 Å². The summed E-state index contributed by atoms with van der Waals surface area (Å²) in [5, 5.41) is 0. The summed E-state index contributed by atoms with van der Waals surface area (Å²) in [7, 11) is 0. The van der Waals surface area contributed by atoms with Crippen molar-refractivity contribution in [2.45, 2.75) is 44.8 Å². The maximum atomic E-state index is 14.7. The van der Waals surface area contributed by atoms with Gasteiger partial charge in [-0.05, 0) is 36.7 Å². The second-order valence-corrected chi connectivity index (χ2v) is 9.04. The molecule has 2 aromatic rings. The van der Waals surface area contributed by atoms with Crippen LogP contribution >= 0.6 is 0 Å². The Labute approximate surface area is 183 Å². The van der Waals surface area contributed by atoms with Gasteiger partial charge in [0.15, 0.2) is 11.4 Å². The smallest absolute Gasteiger partial charge is 0.343 e. The molecule has 2 saturated carbocycles. The van der Waals surface area contributed by atoms with Crippen LogP contribution < -0.4 is 10.2 Å². The zero-order chi connectivity index (χ0) is 22.1. The average Bonchev–Trinajstić information content (AvgIpc) is 3.24. The summed E-state index contributed by atoms with van der Waals surface area (Å²) < 4.78 is 27.2. The van der Waals surface area contributed by atoms with Crippen molar-refractivity contribution in [2.75, 3.05) is 6.61 Å². The summed E-state index contributed by atoms with van der Waals surface area (Å²) in [5.41, 5.74) is 0.0739. The van der Waals surface area contributed by atoms with Crippen molar-refractivity contribution < 1.29 is 23.5 Å². The number of benzene rings is 1. The highest BCUT2D eigenvalue weighted by Gasteiger charge is 2.74. The topological polar surface area (TPSA) is 77.8 Å². The molecular formula is C24H23FN2O5. The number of rotatable bonds is 5. The normalized spacial score (nSPS) is 31.1. The van der Waals surface area contributed by atoms with E-state index < -0.39 is 29.5 Å². The van der Waals surface area contributed by atoms with Crippen molar-refractivity contribution in [2.24, 2.45) is 17.8 Å². The highest BCUT2D eigenvalue weighted by Crippen LogP contribution is 2.68. The number of piperidine rings is 1. The van der Waals surface area contributed by atoms with Gasteiger partial charge in [-0.1, -0.05) is 30.3 Å². The standard InChI is InChI=1S/C24H23FN2O5/c1-2-31-24(30)14-9-26-10-16-17-13-8-15(25)19(18(13)17)27(16)23(29)20(26)22(21(14)28)32-11-12-6-4-3-5-7-12/h3-7,9,13,15-19H,2,8,10-11H2,1H3/t13?,15-,16+,17+,18?,19?/m0/s1. The molecule has 0 spiro atoms. The molecule has 0 radical (unpaired) electrons. The van der Waals surface area contributed by atoms with Crippen LogP contribution in [0.2, 0.25) is 0 Å². The zero-order valence-corrected chi connectivity index (χ0v) is 17.6. The Hall–Kier alpha value is -3.16. The van der Waals surface area contributed by atoms with E-state index in [-0.39, 0.29) is 42.2 Å². The molecule has 3 fully saturated rings. The molecule has 0 bridgehead atoms. The Bertz CT molecular complexity index is 1180. The first kappa shape index (κ1) is 19.5. The molecule has 3 unspecified atom stereocenters. The number of alkyl halides is 1. The number of hydrogen-bond donors (Lipinski definition) is 0. The van der Waals surface area contributed by atoms with E-state index in [1.165, 1.54) is 6.20 Å². The van der Waals surface area contributed by atoms with Gasteiger partial charge in [-0.3, -0.25) is 9.59 Å². The van der Waals surface area contributed by atoms with Crippen molar-refractivity contribution in [1.29, 1.82) is 0 Å². The first-order valence-corrected chi connectivity index (χ1v) is 11.1. The van der Waals surface area contributed by atoms with Gasteiger partial charge in [-0.2, -0.15) is 0 Å². The molecule has 1 amide bonds. The van der Waals surface area contributed by atoms with Gasteiger partial charge in [0.05, 0.1) is 18.7 Å². The second-order valence-electron chi connectivity index (χ2n) is 9.04. The van der Waals surface area contributed by atoms with Crippen molar-refractivity contribution in [1.82, 2.24) is 9.47 Å². The Kier molecular flexibility index (Phi) is 4.22. The summed E-state index contributed by atoms with van der Waals surface area (Å²) in [4.78, 5) is 41.0. The Morgan fingerprint density at radius 2 is 1.97 bits per heavy atom. The maximum absolute atomic E-state index is 14.7. The highest BCUT2D eigenvalue weighted by molar-refractivity contribution is 5.98. The minimum atomic E-state index is -1.03. The van der Waals surface area contributed by atoms with Crippen LogP contribution in [0.1, 0.15) is 39.8 Å². The van der Waals surface area contributed by atoms with Crippen LogP contribution in [0.5, 0.6) is 5.75 Å². The molecule has 4 aliphatic rings. The zero-order valence-electron chi connectivity index (χ0n) is 17.6. The first-order chi connectivity index (χ1) is 15.5. The molecule has 3 heterocycles. The molecule has 0 N–H and O–H groups in total.